The molecule has 36 heavy (non-hydrogen) atoms. The number of nitrogens with one attached hydrogen (secondary N) is 1. The van der Waals surface area contributed by atoms with Gasteiger partial charge in [-0.2, -0.15) is 0 Å². The smallest absolute Gasteiger partial charge is 0.282 e. The maximum atomic E-state index is 13.0. The number of thioether (sulfide) groups is 1. The maximum Gasteiger partial charge on any atom is 0.282 e. The highest BCUT2D eigenvalue weighted by Gasteiger charge is 2.53. The lowest BCUT2D eigenvalue weighted by Gasteiger charge is -2.48. The van der Waals surface area contributed by atoms with Gasteiger partial charge < -0.3 is 24.4 Å². The fourth-order valence-corrected chi connectivity index (χ4v) is 6.45. The van der Waals surface area contributed by atoms with Crippen LogP contribution in [0.5, 0.6) is 5.75 Å². The van der Waals surface area contributed by atoms with Crippen molar-refractivity contribution in [1.29, 1.82) is 0 Å². The maximum absolute atomic E-state index is 13.0. The zero-order valence-electron chi connectivity index (χ0n) is 21.5. The molecular weight excluding hydrogens is 476 g/mol. The standard InChI is InChI=1S/C28H38N2O5S/c1-20-9-7-5-4-6-8-10-24-16-22(29-26(31)15-20)17-28(34-3,35-24)25-19-36-27(32)30(25)18-21-11-13-23(33-2)14-12-21/h4-5,11-15,22,24-25H,6-10,16-19H2,1-3H3,(H,29,31)/b5-4+,20-15-/t22-,24-,25+,28-/m1/s1. The van der Waals surface area contributed by atoms with E-state index < -0.39 is 5.79 Å². The van der Waals surface area contributed by atoms with E-state index in [9.17, 15) is 9.59 Å². The highest BCUT2D eigenvalue weighted by Crippen LogP contribution is 2.42. The lowest BCUT2D eigenvalue weighted by atomic mass is 9.89. The highest BCUT2D eigenvalue weighted by atomic mass is 32.2. The number of nitrogens with zero attached hydrogens (tertiary/aromatic N) is 1. The first-order valence-electron chi connectivity index (χ1n) is 12.8. The Morgan fingerprint density at radius 2 is 1.94 bits per heavy atom. The number of allylic oxidation sites excluding steroid dienone is 3. The largest absolute Gasteiger partial charge is 0.497 e. The Hall–Kier alpha value is -2.29. The van der Waals surface area contributed by atoms with Crippen molar-refractivity contribution in [2.45, 2.75) is 82.4 Å². The molecule has 2 saturated heterocycles. The van der Waals surface area contributed by atoms with E-state index in [2.05, 4.69) is 17.5 Å². The first-order valence-corrected chi connectivity index (χ1v) is 13.8. The average molecular weight is 515 g/mol. The second-order valence-corrected chi connectivity index (χ2v) is 10.9. The molecule has 0 unspecified atom stereocenters. The van der Waals surface area contributed by atoms with Crippen LogP contribution < -0.4 is 10.1 Å². The second kappa shape index (κ2) is 12.3. The van der Waals surface area contributed by atoms with E-state index in [1.54, 1.807) is 20.3 Å². The topological polar surface area (TPSA) is 77.1 Å². The number of hydrogen-bond donors (Lipinski definition) is 1. The normalized spacial score (nSPS) is 32.2. The molecule has 0 spiro atoms. The van der Waals surface area contributed by atoms with Crippen molar-refractivity contribution in [1.82, 2.24) is 10.2 Å². The van der Waals surface area contributed by atoms with Crippen molar-refractivity contribution in [2.24, 2.45) is 0 Å². The highest BCUT2D eigenvalue weighted by molar-refractivity contribution is 8.13. The zero-order valence-corrected chi connectivity index (χ0v) is 22.4. The predicted molar refractivity (Wildman–Crippen MR) is 142 cm³/mol. The van der Waals surface area contributed by atoms with Crippen LogP contribution in [0.4, 0.5) is 4.79 Å². The Labute approximate surface area is 218 Å². The molecule has 2 amide bonds. The third-order valence-corrected chi connectivity index (χ3v) is 8.24. The van der Waals surface area contributed by atoms with E-state index in [1.807, 2.05) is 36.1 Å². The Bertz CT molecular complexity index is 979. The van der Waals surface area contributed by atoms with Gasteiger partial charge in [-0.25, -0.2) is 0 Å². The summed E-state index contributed by atoms with van der Waals surface area (Å²) in [4.78, 5) is 27.7. The van der Waals surface area contributed by atoms with E-state index in [4.69, 9.17) is 14.2 Å². The van der Waals surface area contributed by atoms with E-state index in [-0.39, 0.29) is 29.3 Å². The third kappa shape index (κ3) is 6.52. The number of carbonyl (C=O) groups excluding carboxylic acids is 2. The lowest BCUT2D eigenvalue weighted by molar-refractivity contribution is -0.294. The Balaban J connectivity index is 1.58. The summed E-state index contributed by atoms with van der Waals surface area (Å²) in [6.07, 6.45) is 12.0. The molecule has 4 rings (SSSR count). The molecule has 196 valence electrons. The summed E-state index contributed by atoms with van der Waals surface area (Å²) in [5.41, 5.74) is 2.08. The summed E-state index contributed by atoms with van der Waals surface area (Å²) in [6.45, 7) is 2.47. The number of benzene rings is 1. The van der Waals surface area contributed by atoms with Crippen molar-refractivity contribution in [2.75, 3.05) is 20.0 Å². The van der Waals surface area contributed by atoms with Crippen LogP contribution in [0.3, 0.4) is 0 Å². The molecule has 7 nitrogen and oxygen atoms in total. The number of carbonyl (C=O) groups is 2. The minimum absolute atomic E-state index is 0.0180. The van der Waals surface area contributed by atoms with Gasteiger partial charge in [0.25, 0.3) is 5.24 Å². The van der Waals surface area contributed by atoms with E-state index in [0.29, 0.717) is 18.7 Å². The van der Waals surface area contributed by atoms with Crippen LogP contribution in [0.2, 0.25) is 0 Å². The lowest BCUT2D eigenvalue weighted by Crippen LogP contribution is -2.62. The van der Waals surface area contributed by atoms with Crippen molar-refractivity contribution in [3.63, 3.8) is 0 Å². The van der Waals surface area contributed by atoms with Gasteiger partial charge in [0.1, 0.15) is 5.75 Å². The number of rotatable bonds is 5. The molecule has 3 heterocycles. The van der Waals surface area contributed by atoms with Crippen molar-refractivity contribution < 1.29 is 23.8 Å². The van der Waals surface area contributed by atoms with E-state index in [1.165, 1.54) is 11.8 Å². The quantitative estimate of drug-likeness (QED) is 0.544. The minimum Gasteiger partial charge on any atom is -0.497 e. The van der Waals surface area contributed by atoms with E-state index >= 15 is 0 Å². The molecule has 2 fully saturated rings. The summed E-state index contributed by atoms with van der Waals surface area (Å²) in [5, 5.41) is 3.23. The van der Waals surface area contributed by atoms with Crippen LogP contribution in [0.15, 0.2) is 48.1 Å². The molecule has 2 bridgehead atoms. The Morgan fingerprint density at radius 3 is 2.69 bits per heavy atom. The number of hydrogen-bond acceptors (Lipinski definition) is 6. The number of amides is 2. The van der Waals surface area contributed by atoms with Gasteiger partial charge in [-0.1, -0.05) is 41.6 Å². The molecule has 0 aromatic heterocycles. The van der Waals surface area contributed by atoms with Crippen molar-refractivity contribution in [3.8, 4) is 5.75 Å². The third-order valence-electron chi connectivity index (χ3n) is 7.28. The number of fused-ring (bicyclic) bond motifs is 2. The van der Waals surface area contributed by atoms with Gasteiger partial charge in [0.15, 0.2) is 5.79 Å². The monoisotopic (exact) mass is 514 g/mol. The summed E-state index contributed by atoms with van der Waals surface area (Å²) < 4.78 is 18.1. The summed E-state index contributed by atoms with van der Waals surface area (Å²) in [6, 6.07) is 7.41. The molecule has 4 atom stereocenters. The van der Waals surface area contributed by atoms with Crippen LogP contribution in [0.25, 0.3) is 0 Å². The molecular formula is C28H38N2O5S. The fraction of sp³-hybridized carbons (Fsp3) is 0.571. The average Bonchev–Trinajstić information content (AvgIpc) is 3.23. The molecule has 0 radical (unpaired) electrons. The van der Waals surface area contributed by atoms with Gasteiger partial charge in [0.2, 0.25) is 5.91 Å². The van der Waals surface area contributed by atoms with Crippen LogP contribution in [0, 0.1) is 0 Å². The fourth-order valence-electron chi connectivity index (χ4n) is 5.36. The van der Waals surface area contributed by atoms with Gasteiger partial charge in [-0.15, -0.1) is 0 Å². The van der Waals surface area contributed by atoms with Gasteiger partial charge >= 0.3 is 0 Å². The first kappa shape index (κ1) is 26.8. The van der Waals surface area contributed by atoms with Crippen LogP contribution >= 0.6 is 11.8 Å². The van der Waals surface area contributed by atoms with Gasteiger partial charge in [-0.05, 0) is 63.1 Å². The molecule has 8 heteroatoms. The SMILES string of the molecule is COc1ccc(CN2C(=O)SC[C@H]2[C@@]2(OC)C[C@H]3C[C@@H](CCC/C=C/CC/C(C)=C\C(=O)N3)O2)cc1. The van der Waals surface area contributed by atoms with Gasteiger partial charge in [0, 0.05) is 37.9 Å². The first-order chi connectivity index (χ1) is 17.4. The van der Waals surface area contributed by atoms with E-state index in [0.717, 1.165) is 55.4 Å². The minimum atomic E-state index is -0.988. The molecule has 0 saturated carbocycles. The number of ether oxygens (including phenoxy) is 3. The Morgan fingerprint density at radius 1 is 1.17 bits per heavy atom. The zero-order chi connectivity index (χ0) is 25.5. The molecule has 1 aromatic rings. The second-order valence-electron chi connectivity index (χ2n) is 9.90. The molecule has 3 aliphatic heterocycles. The predicted octanol–water partition coefficient (Wildman–Crippen LogP) is 5.21. The summed E-state index contributed by atoms with van der Waals surface area (Å²) in [7, 11) is 3.30. The molecule has 3 aliphatic rings. The summed E-state index contributed by atoms with van der Waals surface area (Å²) in [5.74, 6) is 0.300. The Kier molecular flexibility index (Phi) is 9.14. The molecule has 0 aliphatic carbocycles. The number of methoxy groups -OCH3 is 2. The van der Waals surface area contributed by atoms with Crippen LogP contribution in [-0.4, -0.2) is 60.0 Å². The van der Waals surface area contributed by atoms with Crippen molar-refractivity contribution >= 4 is 22.9 Å². The van der Waals surface area contributed by atoms with Crippen LogP contribution in [0.1, 0.15) is 57.4 Å². The molecule has 1 N–H and O–H groups in total. The van der Waals surface area contributed by atoms with Gasteiger partial charge in [-0.3, -0.25) is 9.59 Å². The molecule has 1 aromatic carbocycles. The van der Waals surface area contributed by atoms with Crippen LogP contribution in [-0.2, 0) is 20.8 Å². The summed E-state index contributed by atoms with van der Waals surface area (Å²) >= 11 is 1.30. The van der Waals surface area contributed by atoms with Gasteiger partial charge in [0.05, 0.1) is 19.3 Å². The van der Waals surface area contributed by atoms with Crippen molar-refractivity contribution in [3.05, 3.63) is 53.6 Å².